The maximum absolute atomic E-state index is 9.09. The van der Waals surface area contributed by atoms with E-state index in [-0.39, 0.29) is 6.04 Å². The number of nitriles is 1. The molecule has 2 rings (SSSR count). The van der Waals surface area contributed by atoms with Gasteiger partial charge in [-0.2, -0.15) is 5.26 Å². The fourth-order valence-electron chi connectivity index (χ4n) is 2.12. The largest absolute Gasteiger partial charge is 0.495 e. The number of rotatable bonds is 4. The van der Waals surface area contributed by atoms with Gasteiger partial charge in [-0.1, -0.05) is 6.07 Å². The van der Waals surface area contributed by atoms with Crippen molar-refractivity contribution >= 4 is 0 Å². The summed E-state index contributed by atoms with van der Waals surface area (Å²) in [4.78, 5) is 0. The SMILES string of the molecule is COc1ccc(Cn2cccc2C(C)N)cc1C#N. The molecule has 0 fully saturated rings. The van der Waals surface area contributed by atoms with Crippen molar-refractivity contribution in [3.63, 3.8) is 0 Å². The third-order valence-electron chi connectivity index (χ3n) is 3.07. The second-order valence-electron chi connectivity index (χ2n) is 4.50. The summed E-state index contributed by atoms with van der Waals surface area (Å²) in [5, 5.41) is 9.09. The Labute approximate surface area is 113 Å². The van der Waals surface area contributed by atoms with Crippen LogP contribution >= 0.6 is 0 Å². The first-order chi connectivity index (χ1) is 9.15. The van der Waals surface area contributed by atoms with Crippen LogP contribution < -0.4 is 10.5 Å². The van der Waals surface area contributed by atoms with Crippen molar-refractivity contribution in [2.45, 2.75) is 19.5 Å². The van der Waals surface area contributed by atoms with Crippen molar-refractivity contribution in [2.24, 2.45) is 5.73 Å². The molecule has 1 aromatic heterocycles. The molecule has 0 aliphatic heterocycles. The zero-order valence-corrected chi connectivity index (χ0v) is 11.1. The van der Waals surface area contributed by atoms with E-state index in [1.54, 1.807) is 7.11 Å². The Hall–Kier alpha value is -2.25. The quantitative estimate of drug-likeness (QED) is 0.912. The molecule has 4 nitrogen and oxygen atoms in total. The van der Waals surface area contributed by atoms with Gasteiger partial charge in [0.2, 0.25) is 0 Å². The van der Waals surface area contributed by atoms with E-state index in [1.807, 2.05) is 43.5 Å². The number of hydrogen-bond donors (Lipinski definition) is 1. The standard InChI is InChI=1S/C15H17N3O/c1-11(17)14-4-3-7-18(14)10-12-5-6-15(19-2)13(8-12)9-16/h3-8,11H,10,17H2,1-2H3. The molecule has 4 heteroatoms. The van der Waals surface area contributed by atoms with Gasteiger partial charge in [-0.05, 0) is 36.8 Å². The van der Waals surface area contributed by atoms with Crippen molar-refractivity contribution in [1.29, 1.82) is 5.26 Å². The molecule has 0 saturated heterocycles. The molecule has 1 aromatic carbocycles. The average molecular weight is 255 g/mol. The summed E-state index contributed by atoms with van der Waals surface area (Å²) in [5.74, 6) is 0.603. The minimum atomic E-state index is -0.0105. The van der Waals surface area contributed by atoms with Gasteiger partial charge in [-0.3, -0.25) is 0 Å². The van der Waals surface area contributed by atoms with Crippen LogP contribution in [0.1, 0.15) is 29.8 Å². The third kappa shape index (κ3) is 2.78. The van der Waals surface area contributed by atoms with Crippen molar-refractivity contribution in [2.75, 3.05) is 7.11 Å². The number of benzene rings is 1. The summed E-state index contributed by atoms with van der Waals surface area (Å²) in [5.41, 5.74) is 8.60. The lowest BCUT2D eigenvalue weighted by molar-refractivity contribution is 0.413. The Bertz CT molecular complexity index is 608. The zero-order valence-electron chi connectivity index (χ0n) is 11.1. The first kappa shape index (κ1) is 13.2. The lowest BCUT2D eigenvalue weighted by Gasteiger charge is -2.13. The van der Waals surface area contributed by atoms with Crippen LogP contribution in [0.15, 0.2) is 36.5 Å². The van der Waals surface area contributed by atoms with Gasteiger partial charge in [0.15, 0.2) is 0 Å². The van der Waals surface area contributed by atoms with Gasteiger partial charge in [0.05, 0.1) is 12.7 Å². The molecule has 1 unspecified atom stereocenters. The van der Waals surface area contributed by atoms with E-state index in [1.165, 1.54) is 0 Å². The minimum Gasteiger partial charge on any atom is -0.495 e. The van der Waals surface area contributed by atoms with Crippen LogP contribution in [0.5, 0.6) is 5.75 Å². The molecule has 0 aliphatic carbocycles. The maximum Gasteiger partial charge on any atom is 0.136 e. The first-order valence-corrected chi connectivity index (χ1v) is 6.13. The van der Waals surface area contributed by atoms with E-state index in [9.17, 15) is 0 Å². The summed E-state index contributed by atoms with van der Waals surface area (Å²) >= 11 is 0. The van der Waals surface area contributed by atoms with Gasteiger partial charge >= 0.3 is 0 Å². The van der Waals surface area contributed by atoms with Crippen LogP contribution in [-0.2, 0) is 6.54 Å². The van der Waals surface area contributed by atoms with Gasteiger partial charge in [0, 0.05) is 24.5 Å². The number of hydrogen-bond acceptors (Lipinski definition) is 3. The highest BCUT2D eigenvalue weighted by molar-refractivity contribution is 5.45. The van der Waals surface area contributed by atoms with Crippen LogP contribution in [0.2, 0.25) is 0 Å². The van der Waals surface area contributed by atoms with E-state index >= 15 is 0 Å². The van der Waals surface area contributed by atoms with Crippen LogP contribution in [0.4, 0.5) is 0 Å². The highest BCUT2D eigenvalue weighted by Crippen LogP contribution is 2.20. The average Bonchev–Trinajstić information content (AvgIpc) is 2.87. The molecule has 0 bridgehead atoms. The maximum atomic E-state index is 9.09. The predicted octanol–water partition coefficient (Wildman–Crippen LogP) is 2.44. The summed E-state index contributed by atoms with van der Waals surface area (Å²) in [6.07, 6.45) is 2.00. The monoisotopic (exact) mass is 255 g/mol. The van der Waals surface area contributed by atoms with E-state index in [2.05, 4.69) is 10.6 Å². The predicted molar refractivity (Wildman–Crippen MR) is 73.8 cm³/mol. The molecule has 19 heavy (non-hydrogen) atoms. The second-order valence-corrected chi connectivity index (χ2v) is 4.50. The Morgan fingerprint density at radius 3 is 2.84 bits per heavy atom. The van der Waals surface area contributed by atoms with Crippen LogP contribution in [-0.4, -0.2) is 11.7 Å². The number of methoxy groups -OCH3 is 1. The Balaban J connectivity index is 2.29. The summed E-state index contributed by atoms with van der Waals surface area (Å²) in [6.45, 7) is 2.66. The van der Waals surface area contributed by atoms with Crippen molar-refractivity contribution in [3.05, 3.63) is 53.3 Å². The number of nitrogens with zero attached hydrogens (tertiary/aromatic N) is 2. The number of ether oxygens (including phenoxy) is 1. The minimum absolute atomic E-state index is 0.0105. The summed E-state index contributed by atoms with van der Waals surface area (Å²) in [6, 6.07) is 11.8. The molecule has 1 heterocycles. The molecule has 1 atom stereocenters. The van der Waals surface area contributed by atoms with Crippen LogP contribution in [0.3, 0.4) is 0 Å². The van der Waals surface area contributed by atoms with E-state index in [0.717, 1.165) is 11.3 Å². The lowest BCUT2D eigenvalue weighted by atomic mass is 10.1. The zero-order chi connectivity index (χ0) is 13.8. The van der Waals surface area contributed by atoms with Crippen molar-refractivity contribution < 1.29 is 4.74 Å². The van der Waals surface area contributed by atoms with Gasteiger partial charge in [-0.25, -0.2) is 0 Å². The Morgan fingerprint density at radius 1 is 1.42 bits per heavy atom. The highest BCUT2D eigenvalue weighted by Gasteiger charge is 2.08. The molecule has 98 valence electrons. The first-order valence-electron chi connectivity index (χ1n) is 6.13. The van der Waals surface area contributed by atoms with E-state index < -0.39 is 0 Å². The van der Waals surface area contributed by atoms with Crippen LogP contribution in [0, 0.1) is 11.3 Å². The summed E-state index contributed by atoms with van der Waals surface area (Å²) < 4.78 is 7.23. The lowest BCUT2D eigenvalue weighted by Crippen LogP contribution is -2.12. The van der Waals surface area contributed by atoms with E-state index in [4.69, 9.17) is 15.7 Å². The van der Waals surface area contributed by atoms with E-state index in [0.29, 0.717) is 17.9 Å². The molecule has 0 aliphatic rings. The highest BCUT2D eigenvalue weighted by atomic mass is 16.5. The Morgan fingerprint density at radius 2 is 2.21 bits per heavy atom. The number of nitrogens with two attached hydrogens (primary N) is 1. The molecular weight excluding hydrogens is 238 g/mol. The molecule has 2 aromatic rings. The molecule has 2 N–H and O–H groups in total. The van der Waals surface area contributed by atoms with Crippen LogP contribution in [0.25, 0.3) is 0 Å². The molecule has 0 spiro atoms. The summed E-state index contributed by atoms with van der Waals surface area (Å²) in [7, 11) is 1.57. The smallest absolute Gasteiger partial charge is 0.136 e. The number of aromatic nitrogens is 1. The van der Waals surface area contributed by atoms with Crippen molar-refractivity contribution in [3.8, 4) is 11.8 Å². The second kappa shape index (κ2) is 5.59. The van der Waals surface area contributed by atoms with Gasteiger partial charge in [0.25, 0.3) is 0 Å². The molecular formula is C15H17N3O. The molecule has 0 radical (unpaired) electrons. The fourth-order valence-corrected chi connectivity index (χ4v) is 2.12. The molecule has 0 amide bonds. The molecule has 0 saturated carbocycles. The van der Waals surface area contributed by atoms with Gasteiger partial charge in [-0.15, -0.1) is 0 Å². The topological polar surface area (TPSA) is 64.0 Å². The van der Waals surface area contributed by atoms with Gasteiger partial charge < -0.3 is 15.0 Å². The normalized spacial score (nSPS) is 11.9. The Kier molecular flexibility index (Phi) is 3.88. The third-order valence-corrected chi connectivity index (χ3v) is 3.07. The fraction of sp³-hybridized carbons (Fsp3) is 0.267. The van der Waals surface area contributed by atoms with Gasteiger partial charge in [0.1, 0.15) is 11.8 Å². The van der Waals surface area contributed by atoms with Crippen molar-refractivity contribution in [1.82, 2.24) is 4.57 Å².